The molecule has 3 aromatic rings. The van der Waals surface area contributed by atoms with Crippen LogP contribution >= 0.6 is 0 Å². The van der Waals surface area contributed by atoms with Crippen molar-refractivity contribution in [2.24, 2.45) is 0 Å². The van der Waals surface area contributed by atoms with E-state index in [0.717, 1.165) is 29.7 Å². The Morgan fingerprint density at radius 3 is 2.74 bits per heavy atom. The van der Waals surface area contributed by atoms with Crippen molar-refractivity contribution in [3.8, 4) is 22.6 Å². The molecule has 1 aromatic carbocycles. The SMILES string of the molecule is Cc1cc(-c2nc(-c3ccc4c(c3)N(CCCS(=O)(=O)C3CC3)C(=O)C4(C)C)c[nH]2)c(F)cn1. The summed E-state index contributed by atoms with van der Waals surface area (Å²) in [6, 6.07) is 7.38. The van der Waals surface area contributed by atoms with Crippen LogP contribution in [0.4, 0.5) is 10.1 Å². The molecule has 0 radical (unpaired) electrons. The summed E-state index contributed by atoms with van der Waals surface area (Å²) in [5.74, 6) is -0.00558. The van der Waals surface area contributed by atoms with E-state index in [-0.39, 0.29) is 16.9 Å². The van der Waals surface area contributed by atoms with Crippen LogP contribution in [0.3, 0.4) is 0 Å². The molecule has 1 aliphatic carbocycles. The maximum Gasteiger partial charge on any atom is 0.237 e. The normalized spacial score (nSPS) is 17.3. The number of aromatic amines is 1. The van der Waals surface area contributed by atoms with Gasteiger partial charge in [0.15, 0.2) is 15.7 Å². The first kappa shape index (κ1) is 22.7. The van der Waals surface area contributed by atoms with Gasteiger partial charge in [-0.25, -0.2) is 17.8 Å². The zero-order valence-corrected chi connectivity index (χ0v) is 20.2. The van der Waals surface area contributed by atoms with Crippen molar-refractivity contribution in [3.63, 3.8) is 0 Å². The number of halogens is 1. The number of fused-ring (bicyclic) bond motifs is 1. The number of hydrogen-bond acceptors (Lipinski definition) is 5. The Labute approximate surface area is 198 Å². The molecule has 1 saturated carbocycles. The average Bonchev–Trinajstić information content (AvgIpc) is 3.52. The Bertz CT molecular complexity index is 1390. The highest BCUT2D eigenvalue weighted by Gasteiger charge is 2.44. The largest absolute Gasteiger partial charge is 0.344 e. The first-order valence-corrected chi connectivity index (χ1v) is 13.2. The molecule has 34 heavy (non-hydrogen) atoms. The number of aromatic nitrogens is 3. The van der Waals surface area contributed by atoms with E-state index in [4.69, 9.17) is 0 Å². The fourth-order valence-electron chi connectivity index (χ4n) is 4.58. The lowest BCUT2D eigenvalue weighted by Gasteiger charge is -2.20. The molecule has 1 fully saturated rings. The molecule has 3 heterocycles. The van der Waals surface area contributed by atoms with Gasteiger partial charge in [0, 0.05) is 29.7 Å². The minimum Gasteiger partial charge on any atom is -0.344 e. The summed E-state index contributed by atoms with van der Waals surface area (Å²) in [4.78, 5) is 26.5. The summed E-state index contributed by atoms with van der Waals surface area (Å²) in [5, 5.41) is -0.194. The fraction of sp³-hybridized carbons (Fsp3) is 0.400. The zero-order chi connectivity index (χ0) is 24.3. The van der Waals surface area contributed by atoms with E-state index < -0.39 is 21.1 Å². The number of anilines is 1. The highest BCUT2D eigenvalue weighted by atomic mass is 32.2. The Morgan fingerprint density at radius 2 is 2.00 bits per heavy atom. The van der Waals surface area contributed by atoms with Gasteiger partial charge in [0.05, 0.1) is 33.9 Å². The lowest BCUT2D eigenvalue weighted by atomic mass is 9.86. The van der Waals surface area contributed by atoms with Crippen molar-refractivity contribution in [1.82, 2.24) is 15.0 Å². The number of carbonyl (C=O) groups is 1. The number of carbonyl (C=O) groups excluding carboxylic acids is 1. The van der Waals surface area contributed by atoms with E-state index in [1.54, 1.807) is 24.1 Å². The van der Waals surface area contributed by atoms with Gasteiger partial charge in [0.2, 0.25) is 5.91 Å². The van der Waals surface area contributed by atoms with Crippen molar-refractivity contribution >= 4 is 21.4 Å². The van der Waals surface area contributed by atoms with Crippen molar-refractivity contribution in [2.45, 2.75) is 50.7 Å². The third-order valence-corrected chi connectivity index (χ3v) is 9.05. The Balaban J connectivity index is 1.43. The third-order valence-electron chi connectivity index (χ3n) is 6.71. The Morgan fingerprint density at radius 1 is 1.24 bits per heavy atom. The molecule has 0 spiro atoms. The Hall–Kier alpha value is -3.07. The molecule has 0 atom stereocenters. The van der Waals surface area contributed by atoms with Crippen LogP contribution in [0, 0.1) is 12.7 Å². The van der Waals surface area contributed by atoms with Crippen molar-refractivity contribution in [2.75, 3.05) is 17.2 Å². The lowest BCUT2D eigenvalue weighted by Crippen LogP contribution is -2.37. The summed E-state index contributed by atoms with van der Waals surface area (Å²) in [6.07, 6.45) is 4.78. The molecule has 0 unspecified atom stereocenters. The molecule has 7 nitrogen and oxygen atoms in total. The van der Waals surface area contributed by atoms with Gasteiger partial charge < -0.3 is 9.88 Å². The summed E-state index contributed by atoms with van der Waals surface area (Å²) in [7, 11) is -3.07. The number of nitrogens with one attached hydrogen (secondary N) is 1. The van der Waals surface area contributed by atoms with E-state index in [1.807, 2.05) is 32.0 Å². The first-order chi connectivity index (χ1) is 16.1. The molecule has 1 N–H and O–H groups in total. The molecule has 5 rings (SSSR count). The predicted molar refractivity (Wildman–Crippen MR) is 129 cm³/mol. The van der Waals surface area contributed by atoms with E-state index in [2.05, 4.69) is 15.0 Å². The molecular weight excluding hydrogens is 455 g/mol. The third kappa shape index (κ3) is 3.91. The minimum absolute atomic E-state index is 0.0412. The summed E-state index contributed by atoms with van der Waals surface area (Å²) >= 11 is 0. The fourth-order valence-corrected chi connectivity index (χ4v) is 6.30. The van der Waals surface area contributed by atoms with Crippen LogP contribution in [0.15, 0.2) is 36.7 Å². The molecule has 9 heteroatoms. The molecule has 0 bridgehead atoms. The second kappa shape index (κ2) is 8.01. The molecular formula is C25H27FN4O3S. The van der Waals surface area contributed by atoms with Gasteiger partial charge >= 0.3 is 0 Å². The molecule has 1 amide bonds. The smallest absolute Gasteiger partial charge is 0.237 e. The average molecular weight is 483 g/mol. The Kier molecular flexibility index (Phi) is 5.35. The number of aryl methyl sites for hydroxylation is 1. The maximum absolute atomic E-state index is 14.3. The molecule has 1 aliphatic heterocycles. The van der Waals surface area contributed by atoms with Gasteiger partial charge in [-0.15, -0.1) is 0 Å². The molecule has 0 saturated heterocycles. The number of benzene rings is 1. The number of imidazole rings is 1. The minimum atomic E-state index is -3.07. The van der Waals surface area contributed by atoms with Crippen LogP contribution in [0.2, 0.25) is 0 Å². The number of rotatable bonds is 7. The summed E-state index contributed by atoms with van der Waals surface area (Å²) in [5.41, 5.74) is 3.41. The number of sulfone groups is 1. The number of pyridine rings is 1. The highest BCUT2D eigenvalue weighted by molar-refractivity contribution is 7.92. The summed E-state index contributed by atoms with van der Waals surface area (Å²) < 4.78 is 38.8. The predicted octanol–water partition coefficient (Wildman–Crippen LogP) is 4.18. The topological polar surface area (TPSA) is 96.0 Å². The number of nitrogens with zero attached hydrogens (tertiary/aromatic N) is 3. The van der Waals surface area contributed by atoms with Gasteiger partial charge in [-0.1, -0.05) is 12.1 Å². The molecule has 2 aliphatic rings. The monoisotopic (exact) mass is 482 g/mol. The van der Waals surface area contributed by atoms with Gasteiger partial charge in [-0.05, 0) is 57.7 Å². The van der Waals surface area contributed by atoms with Gasteiger partial charge in [0.1, 0.15) is 5.82 Å². The van der Waals surface area contributed by atoms with E-state index in [0.29, 0.717) is 35.7 Å². The van der Waals surface area contributed by atoms with Crippen LogP contribution in [-0.2, 0) is 20.0 Å². The second-order valence-electron chi connectivity index (χ2n) is 9.67. The second-order valence-corrected chi connectivity index (χ2v) is 12.1. The number of hydrogen-bond donors (Lipinski definition) is 1. The molecule has 178 valence electrons. The van der Waals surface area contributed by atoms with Crippen molar-refractivity contribution in [3.05, 3.63) is 53.7 Å². The number of amides is 1. The van der Waals surface area contributed by atoms with Crippen LogP contribution in [0.25, 0.3) is 22.6 Å². The van der Waals surface area contributed by atoms with E-state index in [9.17, 15) is 17.6 Å². The van der Waals surface area contributed by atoms with Crippen LogP contribution in [0.5, 0.6) is 0 Å². The van der Waals surface area contributed by atoms with Crippen molar-refractivity contribution in [1.29, 1.82) is 0 Å². The van der Waals surface area contributed by atoms with Gasteiger partial charge in [0.25, 0.3) is 0 Å². The van der Waals surface area contributed by atoms with E-state index >= 15 is 0 Å². The quantitative estimate of drug-likeness (QED) is 0.545. The van der Waals surface area contributed by atoms with E-state index in [1.165, 1.54) is 6.20 Å². The lowest BCUT2D eigenvalue weighted by molar-refractivity contribution is -0.122. The first-order valence-electron chi connectivity index (χ1n) is 11.4. The summed E-state index contributed by atoms with van der Waals surface area (Å²) in [6.45, 7) is 5.90. The van der Waals surface area contributed by atoms with Crippen LogP contribution < -0.4 is 4.90 Å². The van der Waals surface area contributed by atoms with Crippen LogP contribution in [0.1, 0.15) is 44.4 Å². The van der Waals surface area contributed by atoms with Gasteiger partial charge in [-0.2, -0.15) is 0 Å². The number of H-pyrrole nitrogens is 1. The standard InChI is InChI=1S/C25H27FN4O3S/c1-15-11-18(20(26)13-27-15)23-28-14-21(29-23)16-5-8-19-22(12-16)30(24(31)25(19,2)3)9-4-10-34(32,33)17-6-7-17/h5,8,11-14,17H,4,6-7,9-10H2,1-3H3,(H,28,29). The maximum atomic E-state index is 14.3. The van der Waals surface area contributed by atoms with Gasteiger partial charge in [-0.3, -0.25) is 9.78 Å². The van der Waals surface area contributed by atoms with Crippen molar-refractivity contribution < 1.29 is 17.6 Å². The molecule has 2 aromatic heterocycles. The zero-order valence-electron chi connectivity index (χ0n) is 19.4. The van der Waals surface area contributed by atoms with Crippen LogP contribution in [-0.4, -0.2) is 46.8 Å². The highest BCUT2D eigenvalue weighted by Crippen LogP contribution is 2.43.